The Hall–Kier alpha value is -11.6. The Kier molecular flexibility index (Phi) is 30.0. The third-order valence-corrected chi connectivity index (χ3v) is 25.3. The molecule has 4 saturated carbocycles. The van der Waals surface area contributed by atoms with Gasteiger partial charge in [0.15, 0.2) is 0 Å². The number of aromatic nitrogens is 14. The molecule has 0 bridgehead atoms. The van der Waals surface area contributed by atoms with Crippen molar-refractivity contribution in [3.63, 3.8) is 0 Å². The highest BCUT2D eigenvalue weighted by atomic mass is 16.5. The molecule has 8 fully saturated rings. The first-order valence-corrected chi connectivity index (χ1v) is 45.0. The lowest BCUT2D eigenvalue weighted by atomic mass is 9.84. The number of carbonyl (C=O) groups is 2. The molecule has 126 heavy (non-hydrogen) atoms. The van der Waals surface area contributed by atoms with E-state index in [2.05, 4.69) is 143 Å². The van der Waals surface area contributed by atoms with E-state index in [0.717, 1.165) is 347 Å². The summed E-state index contributed by atoms with van der Waals surface area (Å²) in [6.45, 7) is 15.6. The average molecular weight is 1720 g/mol. The zero-order chi connectivity index (χ0) is 86.5. The summed E-state index contributed by atoms with van der Waals surface area (Å²) >= 11 is 0. The van der Waals surface area contributed by atoms with E-state index >= 15 is 0 Å². The molecule has 2 amide bonds. The van der Waals surface area contributed by atoms with E-state index in [1.165, 1.54) is 17.6 Å². The van der Waals surface area contributed by atoms with Crippen LogP contribution >= 0.6 is 0 Å². The van der Waals surface area contributed by atoms with Gasteiger partial charge in [-0.3, -0.25) is 29.5 Å². The molecule has 4 aromatic carbocycles. The fraction of sp³-hybridized carbons (Fsp3) is 0.511. The van der Waals surface area contributed by atoms with E-state index in [-0.39, 0.29) is 36.2 Å². The molecular weight excluding hydrogens is 1600 g/mol. The van der Waals surface area contributed by atoms with Crippen molar-refractivity contribution >= 4 is 84.4 Å². The number of morpholine rings is 4. The summed E-state index contributed by atoms with van der Waals surface area (Å²) in [4.78, 5) is 96.9. The first-order chi connectivity index (χ1) is 61.7. The number of hydrogen-bond acceptors (Lipinski definition) is 30. The first kappa shape index (κ1) is 87.9. The van der Waals surface area contributed by atoms with Crippen molar-refractivity contribution < 1.29 is 47.5 Å². The van der Waals surface area contributed by atoms with Crippen molar-refractivity contribution in [3.05, 3.63) is 163 Å². The molecule has 11 aromatic rings. The number of nitrogens with one attached hydrogen (secondary N) is 1. The van der Waals surface area contributed by atoms with Gasteiger partial charge in [-0.25, -0.2) is 49.8 Å². The Morgan fingerprint density at radius 3 is 1.03 bits per heavy atom. The lowest BCUT2D eigenvalue weighted by Gasteiger charge is -2.31. The van der Waals surface area contributed by atoms with E-state index in [0.29, 0.717) is 40.7 Å². The lowest BCUT2D eigenvalue weighted by molar-refractivity contribution is 0.0821. The molecule has 4 aliphatic heterocycles. The minimum absolute atomic E-state index is 0.0969. The summed E-state index contributed by atoms with van der Waals surface area (Å²) in [5.41, 5.74) is 27.5. The largest absolute Gasteiger partial charge is 0.488 e. The molecule has 8 aliphatic rings. The number of nitrogens with two attached hydrogens (primary N) is 2. The summed E-state index contributed by atoms with van der Waals surface area (Å²) in [5.74, 6) is 6.05. The van der Waals surface area contributed by atoms with Crippen LogP contribution in [0.2, 0.25) is 0 Å². The second kappa shape index (κ2) is 43.1. The van der Waals surface area contributed by atoms with E-state index in [4.69, 9.17) is 49.4 Å². The third kappa shape index (κ3) is 23.2. The van der Waals surface area contributed by atoms with Crippen LogP contribution in [0.25, 0.3) is 44.1 Å². The van der Waals surface area contributed by atoms with Crippen molar-refractivity contribution in [1.29, 1.82) is 0 Å². The zero-order valence-electron chi connectivity index (χ0n) is 72.9. The number of fused-ring (bicyclic) bond motifs is 4. The summed E-state index contributed by atoms with van der Waals surface area (Å²) in [5, 5.41) is 2.61. The van der Waals surface area contributed by atoms with Gasteiger partial charge in [0.05, 0.1) is 117 Å². The van der Waals surface area contributed by atoms with Gasteiger partial charge in [-0.05, 0) is 196 Å². The highest BCUT2D eigenvalue weighted by Gasteiger charge is 2.31. The summed E-state index contributed by atoms with van der Waals surface area (Å²) < 4.78 is 48.0. The number of nitrogens with zero attached hydrogens (tertiary/aromatic N) is 19. The van der Waals surface area contributed by atoms with Crippen molar-refractivity contribution in [1.82, 2.24) is 80.0 Å². The number of nitrogen functional groups attached to an aromatic ring is 1. The van der Waals surface area contributed by atoms with Crippen LogP contribution in [-0.4, -0.2) is 244 Å². The molecule has 11 heterocycles. The van der Waals surface area contributed by atoms with E-state index in [1.807, 2.05) is 13.0 Å². The second-order valence-electron chi connectivity index (χ2n) is 34.1. The van der Waals surface area contributed by atoms with Gasteiger partial charge in [0.1, 0.15) is 74.9 Å². The van der Waals surface area contributed by atoms with Gasteiger partial charge in [-0.2, -0.15) is 0 Å². The van der Waals surface area contributed by atoms with Gasteiger partial charge in [-0.1, -0.05) is 0 Å². The number of ether oxygens (including phenoxy) is 8. The SMILES string of the molecule is CN(C)C(=O)c1cc(CC2CCC(Oc3cc(N4CCOCC4)cc4nccnc34)CC2)ncn1.CNC(=O)c1cc(CC2CCC(Oc3cc(N4CCOCC4)cc4nccnc34)CC2)ncn1.Cc1ncc(N)c(CC2CCC(Oc3cc(N4CCOCC4)cc4nccnc34)CC2)n1.NCC1CCC(Oc2cc(N3CCOCC3)cc3nccnc23)CC1. The summed E-state index contributed by atoms with van der Waals surface area (Å²) in [6, 6.07) is 20.5. The number of aryl methyl sites for hydroxylation is 1. The molecule has 19 rings (SSSR count). The Morgan fingerprint density at radius 2 is 0.706 bits per heavy atom. The monoisotopic (exact) mass is 1710 g/mol. The van der Waals surface area contributed by atoms with Crippen LogP contribution < -0.4 is 55.3 Å². The number of hydrogen-bond donors (Lipinski definition) is 3. The normalized spacial score (nSPS) is 21.7. The fourth-order valence-electron chi connectivity index (χ4n) is 18.2. The van der Waals surface area contributed by atoms with Crippen LogP contribution in [0.5, 0.6) is 23.0 Å². The van der Waals surface area contributed by atoms with Gasteiger partial charge >= 0.3 is 0 Å². The predicted octanol–water partition coefficient (Wildman–Crippen LogP) is 11.6. The predicted molar refractivity (Wildman–Crippen MR) is 483 cm³/mol. The Balaban J connectivity index is 0.000000125. The van der Waals surface area contributed by atoms with Crippen molar-refractivity contribution in [2.45, 2.75) is 153 Å². The van der Waals surface area contributed by atoms with Gasteiger partial charge in [0.2, 0.25) is 0 Å². The highest BCUT2D eigenvalue weighted by Crippen LogP contribution is 2.41. The number of carbonyl (C=O) groups excluding carboxylic acids is 2. The van der Waals surface area contributed by atoms with Gasteiger partial charge in [-0.15, -0.1) is 0 Å². The molecule has 4 aliphatic carbocycles. The maximum absolute atomic E-state index is 12.2. The molecular formula is C94H118N22O10. The van der Waals surface area contributed by atoms with Crippen LogP contribution in [-0.2, 0) is 38.2 Å². The Morgan fingerprint density at radius 1 is 0.397 bits per heavy atom. The molecule has 32 heteroatoms. The smallest absolute Gasteiger partial charge is 0.272 e. The minimum atomic E-state index is -0.185. The zero-order valence-corrected chi connectivity index (χ0v) is 72.9. The number of amides is 2. The number of anilines is 5. The van der Waals surface area contributed by atoms with Crippen molar-refractivity contribution in [3.8, 4) is 23.0 Å². The lowest BCUT2D eigenvalue weighted by Crippen LogP contribution is -2.36. The van der Waals surface area contributed by atoms with Crippen molar-refractivity contribution in [2.24, 2.45) is 29.4 Å². The molecule has 664 valence electrons. The maximum atomic E-state index is 12.2. The fourth-order valence-corrected chi connectivity index (χ4v) is 18.2. The second-order valence-corrected chi connectivity index (χ2v) is 34.1. The Bertz CT molecular complexity index is 5410. The number of rotatable bonds is 21. The van der Waals surface area contributed by atoms with Gasteiger partial charge in [0, 0.05) is 181 Å². The van der Waals surface area contributed by atoms with Gasteiger partial charge in [0.25, 0.3) is 11.8 Å². The van der Waals surface area contributed by atoms with E-state index in [9.17, 15) is 9.59 Å². The molecule has 7 aromatic heterocycles. The highest BCUT2D eigenvalue weighted by molar-refractivity contribution is 5.93. The van der Waals surface area contributed by atoms with E-state index < -0.39 is 0 Å². The van der Waals surface area contributed by atoms with Crippen LogP contribution in [0.3, 0.4) is 0 Å². The number of benzene rings is 4. The van der Waals surface area contributed by atoms with Crippen LogP contribution in [0.1, 0.15) is 147 Å². The quantitative estimate of drug-likeness (QED) is 0.0601. The standard InChI is InChI=1S/C26H32N6O3.C25H30N6O3.C24H30N6O2.C19H26N4O2/c1-31(2)26(33)23-14-19(29-17-30-23)13-18-3-5-21(6-4-18)35-24-16-20(32-9-11-34-12-10-32)15-22-25(24)28-8-7-27-22;1-26-25(32)22-13-18(29-16-30-22)12-17-2-4-20(5-3-17)34-23-15-19(31-8-10-33-11-9-31)14-21-24(23)28-7-6-27-21;1-16-28-15-20(25)21(29-16)12-17-2-4-19(5-3-17)32-23-14-18(30-8-10-31-11-9-30)13-22-24(23)27-7-6-26-22;20-13-14-1-3-16(4-2-14)25-18-12-15(23-7-9-24-10-8-23)11-17-19(18)22-6-5-21-17/h7-8,14-18,21H,3-6,9-13H2,1-2H3;6-7,13-17,20H,2-5,8-12H2,1H3,(H,26,32);6-7,13-15,17,19H,2-5,8-12,25H2,1H3;5-6,11-12,14,16H,1-4,7-10,13,20H2. The Labute approximate surface area is 735 Å². The summed E-state index contributed by atoms with van der Waals surface area (Å²) in [7, 11) is 5.07. The topological polar surface area (TPSA) is 369 Å². The first-order valence-electron chi connectivity index (χ1n) is 45.0. The maximum Gasteiger partial charge on any atom is 0.272 e. The van der Waals surface area contributed by atoms with Gasteiger partial charge < -0.3 is 79.2 Å². The molecule has 4 saturated heterocycles. The minimum Gasteiger partial charge on any atom is -0.488 e. The molecule has 0 radical (unpaired) electrons. The van der Waals surface area contributed by atoms with Crippen LogP contribution in [0.4, 0.5) is 28.4 Å². The van der Waals surface area contributed by atoms with Crippen LogP contribution in [0.15, 0.2) is 129 Å². The van der Waals surface area contributed by atoms with Crippen LogP contribution in [0, 0.1) is 30.6 Å². The van der Waals surface area contributed by atoms with E-state index in [1.54, 1.807) is 83.0 Å². The van der Waals surface area contributed by atoms with Crippen molar-refractivity contribution in [2.75, 3.05) is 158 Å². The average Bonchev–Trinajstić information content (AvgIpc) is 0.802. The molecule has 0 spiro atoms. The molecule has 0 atom stereocenters. The molecule has 5 N–H and O–H groups in total. The summed E-state index contributed by atoms with van der Waals surface area (Å²) in [6.07, 6.45) is 38.6. The third-order valence-electron chi connectivity index (χ3n) is 25.3. The molecule has 32 nitrogen and oxygen atoms in total. The molecule has 0 unspecified atom stereocenters.